The molecule has 0 amide bonds. The van der Waals surface area contributed by atoms with Gasteiger partial charge in [0.15, 0.2) is 0 Å². The molecule has 2 N–H and O–H groups in total. The highest BCUT2D eigenvalue weighted by atomic mass is 15.1. The van der Waals surface area contributed by atoms with Crippen LogP contribution in [-0.2, 0) is 6.54 Å². The molecule has 1 aliphatic carbocycles. The summed E-state index contributed by atoms with van der Waals surface area (Å²) in [4.78, 5) is 6.86. The average Bonchev–Trinajstić information content (AvgIpc) is 2.69. The average molecular weight is 353 g/mol. The standard InChI is InChI=1S/C22H32N4/c1-4-26(3)21-14-22(24-15-17(21)2)25-20-12-10-19(11-13-20)23-16-18-8-6-5-7-9-18/h5-9,14-15,19-20,23H,4,10-13,16H2,1-3H3,(H,24,25). The zero-order valence-electron chi connectivity index (χ0n) is 16.3. The van der Waals surface area contributed by atoms with E-state index in [2.05, 4.69) is 77.8 Å². The summed E-state index contributed by atoms with van der Waals surface area (Å²) < 4.78 is 0. The molecular formula is C22H32N4. The summed E-state index contributed by atoms with van der Waals surface area (Å²) in [6.45, 7) is 6.27. The van der Waals surface area contributed by atoms with Crippen LogP contribution in [0.2, 0.25) is 0 Å². The van der Waals surface area contributed by atoms with Gasteiger partial charge in [-0.05, 0) is 50.7 Å². The molecule has 3 rings (SSSR count). The first-order valence-electron chi connectivity index (χ1n) is 9.87. The quantitative estimate of drug-likeness (QED) is 0.777. The van der Waals surface area contributed by atoms with Gasteiger partial charge in [0.1, 0.15) is 5.82 Å². The number of benzene rings is 1. The molecule has 1 saturated carbocycles. The maximum absolute atomic E-state index is 4.59. The van der Waals surface area contributed by atoms with Gasteiger partial charge in [-0.1, -0.05) is 30.3 Å². The molecule has 1 aliphatic rings. The largest absolute Gasteiger partial charge is 0.375 e. The van der Waals surface area contributed by atoms with E-state index in [1.165, 1.54) is 42.5 Å². The predicted octanol–water partition coefficient (Wildman–Crippen LogP) is 4.36. The fraction of sp³-hybridized carbons (Fsp3) is 0.500. The van der Waals surface area contributed by atoms with Crippen molar-refractivity contribution in [1.29, 1.82) is 0 Å². The number of aryl methyl sites for hydroxylation is 1. The number of rotatable bonds is 7. The molecule has 0 unspecified atom stereocenters. The Morgan fingerprint density at radius 2 is 1.77 bits per heavy atom. The van der Waals surface area contributed by atoms with Crippen LogP contribution in [0.4, 0.5) is 11.5 Å². The van der Waals surface area contributed by atoms with E-state index in [0.29, 0.717) is 12.1 Å². The number of nitrogens with one attached hydrogen (secondary N) is 2. The summed E-state index contributed by atoms with van der Waals surface area (Å²) in [6.07, 6.45) is 6.81. The highest BCUT2D eigenvalue weighted by Gasteiger charge is 2.21. The minimum absolute atomic E-state index is 0.528. The maximum atomic E-state index is 4.59. The first-order chi connectivity index (χ1) is 12.7. The minimum Gasteiger partial charge on any atom is -0.375 e. The second kappa shape index (κ2) is 9.04. The molecule has 0 bridgehead atoms. The SMILES string of the molecule is CCN(C)c1cc(NC2CCC(NCc3ccccc3)CC2)ncc1C. The molecule has 140 valence electrons. The van der Waals surface area contributed by atoms with Crippen LogP contribution in [0.1, 0.15) is 43.7 Å². The van der Waals surface area contributed by atoms with E-state index in [1.807, 2.05) is 6.20 Å². The van der Waals surface area contributed by atoms with Crippen LogP contribution in [0.5, 0.6) is 0 Å². The lowest BCUT2D eigenvalue weighted by atomic mass is 9.91. The van der Waals surface area contributed by atoms with Gasteiger partial charge in [0.25, 0.3) is 0 Å². The summed E-state index contributed by atoms with van der Waals surface area (Å²) in [5, 5.41) is 7.37. The molecule has 1 aromatic carbocycles. The van der Waals surface area contributed by atoms with Crippen molar-refractivity contribution in [3.63, 3.8) is 0 Å². The van der Waals surface area contributed by atoms with Crippen LogP contribution in [-0.4, -0.2) is 30.7 Å². The molecular weight excluding hydrogens is 320 g/mol. The topological polar surface area (TPSA) is 40.2 Å². The van der Waals surface area contributed by atoms with Crippen molar-refractivity contribution in [1.82, 2.24) is 10.3 Å². The van der Waals surface area contributed by atoms with Gasteiger partial charge >= 0.3 is 0 Å². The lowest BCUT2D eigenvalue weighted by Gasteiger charge is -2.30. The Kier molecular flexibility index (Phi) is 6.51. The van der Waals surface area contributed by atoms with Crippen LogP contribution in [0.25, 0.3) is 0 Å². The number of pyridine rings is 1. The van der Waals surface area contributed by atoms with Crippen LogP contribution in [0.15, 0.2) is 42.6 Å². The molecule has 0 atom stereocenters. The first-order valence-corrected chi connectivity index (χ1v) is 9.87. The van der Waals surface area contributed by atoms with Crippen molar-refractivity contribution in [3.8, 4) is 0 Å². The van der Waals surface area contributed by atoms with Gasteiger partial charge in [-0.3, -0.25) is 0 Å². The predicted molar refractivity (Wildman–Crippen MR) is 111 cm³/mol. The lowest BCUT2D eigenvalue weighted by molar-refractivity contribution is 0.352. The third-order valence-corrected chi connectivity index (χ3v) is 5.48. The van der Waals surface area contributed by atoms with Crippen LogP contribution in [0, 0.1) is 6.92 Å². The molecule has 4 nitrogen and oxygen atoms in total. The van der Waals surface area contributed by atoms with Gasteiger partial charge in [-0.25, -0.2) is 4.98 Å². The minimum atomic E-state index is 0.528. The summed E-state index contributed by atoms with van der Waals surface area (Å²) in [5.41, 5.74) is 3.86. The fourth-order valence-electron chi connectivity index (χ4n) is 3.68. The molecule has 1 fully saturated rings. The van der Waals surface area contributed by atoms with Gasteiger partial charge in [0, 0.05) is 50.2 Å². The van der Waals surface area contributed by atoms with Crippen molar-refractivity contribution in [2.45, 2.75) is 58.2 Å². The van der Waals surface area contributed by atoms with E-state index in [4.69, 9.17) is 0 Å². The van der Waals surface area contributed by atoms with Crippen LogP contribution < -0.4 is 15.5 Å². The molecule has 26 heavy (non-hydrogen) atoms. The Balaban J connectivity index is 1.48. The van der Waals surface area contributed by atoms with E-state index in [0.717, 1.165) is 18.9 Å². The zero-order valence-corrected chi connectivity index (χ0v) is 16.3. The molecule has 2 aromatic rings. The van der Waals surface area contributed by atoms with Gasteiger partial charge in [-0.2, -0.15) is 0 Å². The molecule has 4 heteroatoms. The number of anilines is 2. The second-order valence-electron chi connectivity index (χ2n) is 7.43. The highest BCUT2D eigenvalue weighted by Crippen LogP contribution is 2.25. The normalized spacial score (nSPS) is 20.0. The lowest BCUT2D eigenvalue weighted by Crippen LogP contribution is -2.36. The van der Waals surface area contributed by atoms with E-state index in [-0.39, 0.29) is 0 Å². The summed E-state index contributed by atoms with van der Waals surface area (Å²) in [6, 6.07) is 14.0. The highest BCUT2D eigenvalue weighted by molar-refractivity contribution is 5.58. The van der Waals surface area contributed by atoms with E-state index in [1.54, 1.807) is 0 Å². The Morgan fingerprint density at radius 3 is 2.46 bits per heavy atom. The van der Waals surface area contributed by atoms with Gasteiger partial charge in [0.05, 0.1) is 0 Å². The first kappa shape index (κ1) is 18.7. The molecule has 0 radical (unpaired) electrons. The second-order valence-corrected chi connectivity index (χ2v) is 7.43. The van der Waals surface area contributed by atoms with E-state index >= 15 is 0 Å². The van der Waals surface area contributed by atoms with Crippen LogP contribution in [0.3, 0.4) is 0 Å². The van der Waals surface area contributed by atoms with Gasteiger partial charge < -0.3 is 15.5 Å². The third kappa shape index (κ3) is 4.98. The molecule has 0 saturated heterocycles. The van der Waals surface area contributed by atoms with Crippen molar-refractivity contribution in [2.24, 2.45) is 0 Å². The summed E-state index contributed by atoms with van der Waals surface area (Å²) in [7, 11) is 2.13. The van der Waals surface area contributed by atoms with E-state index < -0.39 is 0 Å². The Hall–Kier alpha value is -2.07. The molecule has 1 heterocycles. The molecule has 0 spiro atoms. The number of hydrogen-bond donors (Lipinski definition) is 2. The van der Waals surface area contributed by atoms with Crippen molar-refractivity contribution in [2.75, 3.05) is 23.8 Å². The number of aromatic nitrogens is 1. The van der Waals surface area contributed by atoms with Crippen molar-refractivity contribution >= 4 is 11.5 Å². The number of nitrogens with zero attached hydrogens (tertiary/aromatic N) is 2. The third-order valence-electron chi connectivity index (χ3n) is 5.48. The van der Waals surface area contributed by atoms with Gasteiger partial charge in [0.2, 0.25) is 0 Å². The Morgan fingerprint density at radius 1 is 1.08 bits per heavy atom. The van der Waals surface area contributed by atoms with Crippen molar-refractivity contribution in [3.05, 3.63) is 53.7 Å². The Bertz CT molecular complexity index is 678. The van der Waals surface area contributed by atoms with Crippen molar-refractivity contribution < 1.29 is 0 Å². The molecule has 0 aliphatic heterocycles. The monoisotopic (exact) mass is 352 g/mol. The van der Waals surface area contributed by atoms with E-state index in [9.17, 15) is 0 Å². The van der Waals surface area contributed by atoms with Crippen LogP contribution >= 0.6 is 0 Å². The summed E-state index contributed by atoms with van der Waals surface area (Å²) >= 11 is 0. The summed E-state index contributed by atoms with van der Waals surface area (Å²) in [5.74, 6) is 1.01. The fourth-order valence-corrected chi connectivity index (χ4v) is 3.68. The zero-order chi connectivity index (χ0) is 18.4. The number of hydrogen-bond acceptors (Lipinski definition) is 4. The maximum Gasteiger partial charge on any atom is 0.128 e. The Labute approximate surface area is 158 Å². The smallest absolute Gasteiger partial charge is 0.128 e. The molecule has 1 aromatic heterocycles. The van der Waals surface area contributed by atoms with Gasteiger partial charge in [-0.15, -0.1) is 0 Å².